The number of hydrogen-bond donors (Lipinski definition) is 3. The van der Waals surface area contributed by atoms with Crippen molar-refractivity contribution in [2.75, 3.05) is 40.9 Å². The van der Waals surface area contributed by atoms with E-state index >= 15 is 0 Å². The molecule has 0 radical (unpaired) electrons. The molecule has 0 saturated heterocycles. The van der Waals surface area contributed by atoms with Crippen molar-refractivity contribution in [3.8, 4) is 0 Å². The van der Waals surface area contributed by atoms with Gasteiger partial charge in [0.25, 0.3) is 0 Å². The Morgan fingerprint density at radius 1 is 0.493 bits per heavy atom. The molecule has 0 aliphatic heterocycles. The van der Waals surface area contributed by atoms with Crippen LogP contribution in [0.1, 0.15) is 251 Å². The molecule has 3 unspecified atom stereocenters. The molecule has 0 spiro atoms. The Labute approximate surface area is 439 Å². The van der Waals surface area contributed by atoms with Crippen molar-refractivity contribution in [3.05, 3.63) is 85.1 Å². The number of aliphatic hydroxyl groups is 1. The Kier molecular flexibility index (Phi) is 50.8. The minimum atomic E-state index is -4.34. The first-order chi connectivity index (χ1) is 34.5. The van der Waals surface area contributed by atoms with Gasteiger partial charge in [0, 0.05) is 6.42 Å². The van der Waals surface area contributed by atoms with Crippen LogP contribution in [0.5, 0.6) is 0 Å². The topological polar surface area (TPSA) is 105 Å². The van der Waals surface area contributed by atoms with E-state index in [-0.39, 0.29) is 19.1 Å². The van der Waals surface area contributed by atoms with Gasteiger partial charge in [0.05, 0.1) is 39.9 Å². The summed E-state index contributed by atoms with van der Waals surface area (Å²) in [6.07, 6.45) is 74.1. The van der Waals surface area contributed by atoms with E-state index in [2.05, 4.69) is 92.1 Å². The summed E-state index contributed by atoms with van der Waals surface area (Å²) >= 11 is 0. The molecule has 3 atom stereocenters. The summed E-state index contributed by atoms with van der Waals surface area (Å²) in [6.45, 7) is 4.70. The second-order valence-electron chi connectivity index (χ2n) is 21.0. The van der Waals surface area contributed by atoms with Crippen molar-refractivity contribution < 1.29 is 32.9 Å². The lowest BCUT2D eigenvalue weighted by Crippen LogP contribution is -2.45. The van der Waals surface area contributed by atoms with E-state index in [0.717, 1.165) is 77.0 Å². The number of aliphatic hydroxyl groups excluding tert-OH is 1. The van der Waals surface area contributed by atoms with Gasteiger partial charge >= 0.3 is 7.82 Å². The highest BCUT2D eigenvalue weighted by Crippen LogP contribution is 2.43. The van der Waals surface area contributed by atoms with Gasteiger partial charge in [-0.3, -0.25) is 13.8 Å². The molecule has 0 fully saturated rings. The van der Waals surface area contributed by atoms with Crippen LogP contribution in [0.25, 0.3) is 0 Å². The molecule has 0 aromatic rings. The quantitative estimate of drug-likeness (QED) is 0.0243. The molecular weight excluding hydrogens is 900 g/mol. The van der Waals surface area contributed by atoms with E-state index in [1.165, 1.54) is 154 Å². The van der Waals surface area contributed by atoms with E-state index in [4.69, 9.17) is 9.05 Å². The predicted molar refractivity (Wildman–Crippen MR) is 309 cm³/mol. The maximum absolute atomic E-state index is 13.0. The number of quaternary nitrogens is 1. The molecule has 9 heteroatoms. The average molecular weight is 1010 g/mol. The Morgan fingerprint density at radius 2 is 0.845 bits per heavy atom. The molecule has 0 saturated carbocycles. The van der Waals surface area contributed by atoms with E-state index in [1.54, 1.807) is 6.08 Å². The van der Waals surface area contributed by atoms with Gasteiger partial charge in [0.2, 0.25) is 5.91 Å². The fourth-order valence-corrected chi connectivity index (χ4v) is 9.02. The number of phosphoric acid groups is 1. The normalized spacial score (nSPS) is 14.5. The fraction of sp³-hybridized carbons (Fsp3) is 0.758. The second kappa shape index (κ2) is 52.5. The van der Waals surface area contributed by atoms with Gasteiger partial charge in [0.1, 0.15) is 13.2 Å². The van der Waals surface area contributed by atoms with Crippen LogP contribution >= 0.6 is 7.82 Å². The van der Waals surface area contributed by atoms with Crippen LogP contribution in [0.15, 0.2) is 85.1 Å². The predicted octanol–water partition coefficient (Wildman–Crippen LogP) is 18.0. The van der Waals surface area contributed by atoms with Crippen LogP contribution in [0.4, 0.5) is 0 Å². The van der Waals surface area contributed by atoms with Gasteiger partial charge in [-0.25, -0.2) is 4.57 Å². The zero-order valence-corrected chi connectivity index (χ0v) is 47.8. The number of amides is 1. The summed E-state index contributed by atoms with van der Waals surface area (Å²) in [6, 6.07) is -0.847. The van der Waals surface area contributed by atoms with Crippen molar-refractivity contribution >= 4 is 13.7 Å². The molecule has 0 aliphatic carbocycles. The Hall–Kier alpha value is -2.32. The smallest absolute Gasteiger partial charge is 0.387 e. The van der Waals surface area contributed by atoms with Crippen molar-refractivity contribution in [2.45, 2.75) is 264 Å². The van der Waals surface area contributed by atoms with Crippen molar-refractivity contribution in [3.63, 3.8) is 0 Å². The Bertz CT molecular complexity index is 1430. The van der Waals surface area contributed by atoms with Gasteiger partial charge in [-0.2, -0.15) is 0 Å². The van der Waals surface area contributed by atoms with Gasteiger partial charge in [-0.05, 0) is 70.6 Å². The first-order valence-electron chi connectivity index (χ1n) is 29.5. The minimum absolute atomic E-state index is 0.0602. The number of nitrogens with one attached hydrogen (secondary N) is 1. The van der Waals surface area contributed by atoms with Crippen LogP contribution in [0, 0.1) is 0 Å². The fourth-order valence-electron chi connectivity index (χ4n) is 8.28. The monoisotopic (exact) mass is 1010 g/mol. The first kappa shape index (κ1) is 68.7. The molecule has 1 amide bonds. The number of hydrogen-bond acceptors (Lipinski definition) is 5. The zero-order chi connectivity index (χ0) is 52.0. The highest BCUT2D eigenvalue weighted by atomic mass is 31.2. The van der Waals surface area contributed by atoms with Crippen LogP contribution in [-0.2, 0) is 18.4 Å². The van der Waals surface area contributed by atoms with Crippen LogP contribution < -0.4 is 5.32 Å². The molecule has 0 aromatic heterocycles. The van der Waals surface area contributed by atoms with Crippen molar-refractivity contribution in [1.82, 2.24) is 5.32 Å². The maximum atomic E-state index is 13.0. The molecule has 3 N–H and O–H groups in total. The van der Waals surface area contributed by atoms with E-state index in [1.807, 2.05) is 27.2 Å². The number of phosphoric ester groups is 1. The number of carbonyl (C=O) groups is 1. The average Bonchev–Trinajstić information content (AvgIpc) is 3.33. The number of likely N-dealkylation sites (N-methyl/N-ethyl adjacent to an activating group) is 1. The van der Waals surface area contributed by atoms with Crippen LogP contribution in [0.2, 0.25) is 0 Å². The summed E-state index contributed by atoms with van der Waals surface area (Å²) < 4.78 is 23.6. The molecule has 0 aliphatic rings. The molecular formula is C62H114N2O6P+. The van der Waals surface area contributed by atoms with Gasteiger partial charge < -0.3 is 19.8 Å². The summed E-state index contributed by atoms with van der Waals surface area (Å²) in [5.74, 6) is -0.178. The van der Waals surface area contributed by atoms with E-state index in [0.29, 0.717) is 17.4 Å². The molecule has 8 nitrogen and oxygen atoms in total. The number of rotatable bonds is 53. The van der Waals surface area contributed by atoms with Crippen LogP contribution in [-0.4, -0.2) is 73.4 Å². The summed E-state index contributed by atoms with van der Waals surface area (Å²) in [7, 11) is 1.57. The van der Waals surface area contributed by atoms with Crippen molar-refractivity contribution in [1.29, 1.82) is 0 Å². The molecule has 0 rings (SSSR count). The third-order valence-electron chi connectivity index (χ3n) is 12.9. The highest BCUT2D eigenvalue weighted by Gasteiger charge is 2.27. The van der Waals surface area contributed by atoms with E-state index in [9.17, 15) is 19.4 Å². The lowest BCUT2D eigenvalue weighted by Gasteiger charge is -2.25. The largest absolute Gasteiger partial charge is 0.472 e. The Balaban J connectivity index is 3.97. The number of allylic oxidation sites excluding steroid dienone is 13. The lowest BCUT2D eigenvalue weighted by atomic mass is 10.0. The number of unbranched alkanes of at least 4 members (excludes halogenated alkanes) is 28. The molecule has 0 aromatic carbocycles. The summed E-state index contributed by atoms with van der Waals surface area (Å²) in [4.78, 5) is 23.2. The number of carbonyl (C=O) groups excluding carboxylic acids is 1. The van der Waals surface area contributed by atoms with Gasteiger partial charge in [-0.1, -0.05) is 259 Å². The number of nitrogens with zero attached hydrogens (tertiary/aromatic N) is 1. The van der Waals surface area contributed by atoms with Crippen molar-refractivity contribution in [2.24, 2.45) is 0 Å². The standard InChI is InChI=1S/C62H113N2O6P/c1-6-8-10-12-14-16-18-20-21-22-23-24-25-26-27-28-29-30-31-32-33-34-35-36-37-38-39-40-41-42-43-44-46-48-50-52-54-56-62(66)63-60(59-70-71(67,68)69-58-57-64(3,4)5)61(65)55-53-51-49-47-45-19-17-15-13-11-9-7-2/h8,10,14,16,20-21,23-24,26-27,29-30,53,55,60-61,65H,6-7,9,11-13,15,17-19,22,25,28,31-52,54,56-59H2,1-5H3,(H-,63,66,67,68)/p+1/b10-8-,16-14-,21-20-,24-23-,27-26-,30-29-,55-53+. The summed E-state index contributed by atoms with van der Waals surface area (Å²) in [5, 5.41) is 13.9. The molecule has 412 valence electrons. The highest BCUT2D eigenvalue weighted by molar-refractivity contribution is 7.47. The molecule has 0 bridgehead atoms. The molecule has 71 heavy (non-hydrogen) atoms. The zero-order valence-electron chi connectivity index (χ0n) is 46.9. The lowest BCUT2D eigenvalue weighted by molar-refractivity contribution is -0.870. The first-order valence-corrected chi connectivity index (χ1v) is 31.0. The summed E-state index contributed by atoms with van der Waals surface area (Å²) in [5.41, 5.74) is 0. The third kappa shape index (κ3) is 55.3. The van der Waals surface area contributed by atoms with Crippen LogP contribution in [0.3, 0.4) is 0 Å². The van der Waals surface area contributed by atoms with Gasteiger partial charge in [-0.15, -0.1) is 0 Å². The van der Waals surface area contributed by atoms with E-state index < -0.39 is 20.0 Å². The maximum Gasteiger partial charge on any atom is 0.472 e. The Morgan fingerprint density at radius 3 is 1.24 bits per heavy atom. The minimum Gasteiger partial charge on any atom is -0.387 e. The van der Waals surface area contributed by atoms with Gasteiger partial charge in [0.15, 0.2) is 0 Å². The molecule has 0 heterocycles. The third-order valence-corrected chi connectivity index (χ3v) is 13.9. The SMILES string of the molecule is CC/C=C\C/C=C\C/C=C\C/C=C\C/C=C\C/C=C\CCCCCCCCCCCCCCCCCCCCC(=O)NC(COP(=O)(O)OCC[N+](C)(C)C)C(O)/C=C/CCCCCCCCCCCC. The second-order valence-corrected chi connectivity index (χ2v) is 22.4.